The molecule has 64 valence electrons. The molecule has 0 amide bonds. The molecule has 0 unspecified atom stereocenters. The molecule has 0 atom stereocenters. The zero-order valence-corrected chi connectivity index (χ0v) is 9.04. The van der Waals surface area contributed by atoms with Gasteiger partial charge in [-0.05, 0) is 65.1 Å². The van der Waals surface area contributed by atoms with Gasteiger partial charge in [0.1, 0.15) is 0 Å². The normalized spacial score (nSPS) is 17.4. The smallest absolute Gasteiger partial charge is 0.0350 e. The van der Waals surface area contributed by atoms with Crippen molar-refractivity contribution in [2.45, 2.75) is 25.2 Å². The number of halogens is 1. The van der Waals surface area contributed by atoms with Gasteiger partial charge in [0.05, 0.1) is 0 Å². The van der Waals surface area contributed by atoms with Crippen molar-refractivity contribution < 1.29 is 0 Å². The van der Waals surface area contributed by atoms with E-state index in [1.165, 1.54) is 28.4 Å². The van der Waals surface area contributed by atoms with Crippen molar-refractivity contribution in [1.82, 2.24) is 0 Å². The molecule has 2 rings (SSSR count). The molecule has 0 radical (unpaired) electrons. The van der Waals surface area contributed by atoms with Crippen LogP contribution in [0, 0.1) is 3.57 Å². The summed E-state index contributed by atoms with van der Waals surface area (Å²) in [6.45, 7) is 0. The summed E-state index contributed by atoms with van der Waals surface area (Å²) in [6, 6.07) is 6.31. The van der Waals surface area contributed by atoms with Gasteiger partial charge >= 0.3 is 0 Å². The Kier molecular flexibility index (Phi) is 2.26. The van der Waals surface area contributed by atoms with Gasteiger partial charge in [-0.1, -0.05) is 6.42 Å². The zero-order chi connectivity index (χ0) is 8.55. The lowest BCUT2D eigenvalue weighted by Crippen LogP contribution is -2.11. The third-order valence-electron chi connectivity index (χ3n) is 2.59. The lowest BCUT2D eigenvalue weighted by Gasteiger charge is -2.27. The van der Waals surface area contributed by atoms with Crippen molar-refractivity contribution in [3.8, 4) is 0 Å². The van der Waals surface area contributed by atoms with E-state index in [9.17, 15) is 0 Å². The Morgan fingerprint density at radius 1 is 1.33 bits per heavy atom. The Labute approximate surface area is 86.5 Å². The molecule has 0 heterocycles. The van der Waals surface area contributed by atoms with Crippen LogP contribution >= 0.6 is 22.6 Å². The van der Waals surface area contributed by atoms with E-state index in [-0.39, 0.29) is 0 Å². The fourth-order valence-corrected chi connectivity index (χ4v) is 2.13. The Hall–Kier alpha value is -0.250. The van der Waals surface area contributed by atoms with Crippen molar-refractivity contribution >= 4 is 28.3 Å². The van der Waals surface area contributed by atoms with Crippen LogP contribution in [0.4, 0.5) is 5.69 Å². The Balaban J connectivity index is 2.34. The molecule has 2 N–H and O–H groups in total. The highest BCUT2D eigenvalue weighted by atomic mass is 127. The second-order valence-corrected chi connectivity index (χ2v) is 4.65. The van der Waals surface area contributed by atoms with E-state index < -0.39 is 0 Å². The third kappa shape index (κ3) is 1.44. The van der Waals surface area contributed by atoms with Crippen LogP contribution in [0.2, 0.25) is 0 Å². The highest BCUT2D eigenvalue weighted by Crippen LogP contribution is 2.39. The van der Waals surface area contributed by atoms with Crippen LogP contribution in [0.25, 0.3) is 0 Å². The number of rotatable bonds is 1. The molecule has 1 aliphatic rings. The molecule has 0 bridgehead atoms. The fourth-order valence-electron chi connectivity index (χ4n) is 1.62. The predicted octanol–water partition coefficient (Wildman–Crippen LogP) is 3.14. The van der Waals surface area contributed by atoms with E-state index in [1.54, 1.807) is 0 Å². The van der Waals surface area contributed by atoms with Gasteiger partial charge in [-0.25, -0.2) is 0 Å². The van der Waals surface area contributed by atoms with Gasteiger partial charge in [0.25, 0.3) is 0 Å². The maximum absolute atomic E-state index is 5.90. The minimum atomic E-state index is 0.750. The van der Waals surface area contributed by atoms with E-state index in [0.717, 1.165) is 11.6 Å². The third-order valence-corrected chi connectivity index (χ3v) is 3.26. The van der Waals surface area contributed by atoms with E-state index in [1.807, 2.05) is 6.07 Å². The maximum atomic E-state index is 5.90. The lowest BCUT2D eigenvalue weighted by molar-refractivity contribution is 0.420. The summed E-state index contributed by atoms with van der Waals surface area (Å²) in [7, 11) is 0. The summed E-state index contributed by atoms with van der Waals surface area (Å²) in [4.78, 5) is 0. The molecule has 1 fully saturated rings. The number of nitrogens with two attached hydrogens (primary N) is 1. The van der Waals surface area contributed by atoms with Gasteiger partial charge < -0.3 is 5.73 Å². The second-order valence-electron chi connectivity index (χ2n) is 3.40. The summed E-state index contributed by atoms with van der Waals surface area (Å²) in [6.07, 6.45) is 4.02. The minimum absolute atomic E-state index is 0.750. The summed E-state index contributed by atoms with van der Waals surface area (Å²) in [5.74, 6) is 0.750. The van der Waals surface area contributed by atoms with E-state index in [2.05, 4.69) is 34.7 Å². The van der Waals surface area contributed by atoms with Gasteiger partial charge in [-0.2, -0.15) is 0 Å². The molecular weight excluding hydrogens is 261 g/mol. The molecule has 1 aliphatic carbocycles. The van der Waals surface area contributed by atoms with Crippen molar-refractivity contribution in [2.75, 3.05) is 5.73 Å². The standard InChI is InChI=1S/C10H12IN/c11-8-4-5-10(12)9(6-8)7-2-1-3-7/h4-7H,1-3,12H2. The van der Waals surface area contributed by atoms with Gasteiger partial charge in [0.2, 0.25) is 0 Å². The number of nitrogen functional groups attached to an aromatic ring is 1. The van der Waals surface area contributed by atoms with Crippen molar-refractivity contribution in [2.24, 2.45) is 0 Å². The minimum Gasteiger partial charge on any atom is -0.398 e. The molecule has 1 saturated carbocycles. The van der Waals surface area contributed by atoms with E-state index in [4.69, 9.17) is 5.73 Å². The van der Waals surface area contributed by atoms with Crippen LogP contribution in [0.5, 0.6) is 0 Å². The maximum Gasteiger partial charge on any atom is 0.0350 e. The summed E-state index contributed by atoms with van der Waals surface area (Å²) < 4.78 is 1.30. The van der Waals surface area contributed by atoms with Crippen molar-refractivity contribution in [1.29, 1.82) is 0 Å². The quantitative estimate of drug-likeness (QED) is 0.617. The van der Waals surface area contributed by atoms with Crippen LogP contribution in [0.1, 0.15) is 30.7 Å². The molecule has 12 heavy (non-hydrogen) atoms. The zero-order valence-electron chi connectivity index (χ0n) is 6.89. The first-order valence-corrected chi connectivity index (χ1v) is 5.40. The number of anilines is 1. The van der Waals surface area contributed by atoms with Crippen LogP contribution in [-0.4, -0.2) is 0 Å². The number of benzene rings is 1. The van der Waals surface area contributed by atoms with Gasteiger partial charge in [0.15, 0.2) is 0 Å². The van der Waals surface area contributed by atoms with Crippen LogP contribution in [0.3, 0.4) is 0 Å². The number of hydrogen-bond acceptors (Lipinski definition) is 1. The first kappa shape index (κ1) is 8.35. The van der Waals surface area contributed by atoms with Gasteiger partial charge in [-0.3, -0.25) is 0 Å². The molecule has 1 aromatic carbocycles. The van der Waals surface area contributed by atoms with Crippen molar-refractivity contribution in [3.05, 3.63) is 27.3 Å². The molecular formula is C10H12IN. The molecule has 0 spiro atoms. The average Bonchev–Trinajstić information content (AvgIpc) is 1.93. The predicted molar refractivity (Wildman–Crippen MR) is 60.2 cm³/mol. The Morgan fingerprint density at radius 2 is 2.08 bits per heavy atom. The molecule has 0 saturated heterocycles. The molecule has 0 aliphatic heterocycles. The Bertz CT molecular complexity index is 292. The van der Waals surface area contributed by atoms with E-state index >= 15 is 0 Å². The van der Waals surface area contributed by atoms with Crippen LogP contribution in [0.15, 0.2) is 18.2 Å². The van der Waals surface area contributed by atoms with Crippen LogP contribution < -0.4 is 5.73 Å². The summed E-state index contributed by atoms with van der Waals surface area (Å²) >= 11 is 2.34. The average molecular weight is 273 g/mol. The summed E-state index contributed by atoms with van der Waals surface area (Å²) in [5.41, 5.74) is 8.24. The second kappa shape index (κ2) is 3.24. The van der Waals surface area contributed by atoms with Crippen molar-refractivity contribution in [3.63, 3.8) is 0 Å². The fraction of sp³-hybridized carbons (Fsp3) is 0.400. The largest absolute Gasteiger partial charge is 0.398 e. The highest BCUT2D eigenvalue weighted by Gasteiger charge is 2.21. The summed E-state index contributed by atoms with van der Waals surface area (Å²) in [5, 5.41) is 0. The molecule has 2 heteroatoms. The molecule has 0 aromatic heterocycles. The number of hydrogen-bond donors (Lipinski definition) is 1. The monoisotopic (exact) mass is 273 g/mol. The topological polar surface area (TPSA) is 26.0 Å². The van der Waals surface area contributed by atoms with E-state index in [0.29, 0.717) is 0 Å². The first-order chi connectivity index (χ1) is 5.77. The highest BCUT2D eigenvalue weighted by molar-refractivity contribution is 14.1. The van der Waals surface area contributed by atoms with Gasteiger partial charge in [-0.15, -0.1) is 0 Å². The van der Waals surface area contributed by atoms with Gasteiger partial charge in [0, 0.05) is 9.26 Å². The molecule has 1 nitrogen and oxygen atoms in total. The molecule has 1 aromatic rings. The SMILES string of the molecule is Nc1ccc(I)cc1C1CCC1. The Morgan fingerprint density at radius 3 is 2.67 bits per heavy atom. The first-order valence-electron chi connectivity index (χ1n) is 4.32. The lowest BCUT2D eigenvalue weighted by atomic mass is 9.79. The van der Waals surface area contributed by atoms with Crippen LogP contribution in [-0.2, 0) is 0 Å².